The van der Waals surface area contributed by atoms with E-state index in [1.165, 1.54) is 17.7 Å². The number of nitrogens with one attached hydrogen (secondary N) is 1. The smallest absolute Gasteiger partial charge is 0.480 e. The van der Waals surface area contributed by atoms with Gasteiger partial charge in [0.2, 0.25) is 5.91 Å². The van der Waals surface area contributed by atoms with E-state index < -0.39 is 66.4 Å². The van der Waals surface area contributed by atoms with Crippen LogP contribution in [-0.4, -0.2) is 81.1 Å². The first kappa shape index (κ1) is 33.7. The fourth-order valence-corrected chi connectivity index (χ4v) is 6.67. The number of amides is 1. The Morgan fingerprint density at radius 3 is 2.55 bits per heavy atom. The van der Waals surface area contributed by atoms with Crippen molar-refractivity contribution in [2.45, 2.75) is 50.7 Å². The number of ether oxygens (including phenoxy) is 1. The van der Waals surface area contributed by atoms with Gasteiger partial charge in [-0.25, -0.2) is 23.7 Å². The minimum atomic E-state index is -5.72. The lowest BCUT2D eigenvalue weighted by atomic mass is 10.2. The van der Waals surface area contributed by atoms with Gasteiger partial charge >= 0.3 is 29.4 Å². The molecule has 0 radical (unpaired) electrons. The summed E-state index contributed by atoms with van der Waals surface area (Å²) in [5.41, 5.74) is 6.58. The van der Waals surface area contributed by atoms with Gasteiger partial charge in [-0.2, -0.15) is 8.62 Å². The van der Waals surface area contributed by atoms with Crippen LogP contribution >= 0.6 is 23.5 Å². The molecule has 3 heterocycles. The first-order valence-corrected chi connectivity index (χ1v) is 16.1. The zero-order chi connectivity index (χ0) is 31.5. The highest BCUT2D eigenvalue weighted by atomic mass is 31.3. The molecule has 1 fully saturated rings. The second kappa shape index (κ2) is 13.3. The van der Waals surface area contributed by atoms with Crippen LogP contribution in [0.4, 0.5) is 5.82 Å². The number of rotatable bonds is 12. The molecular formula is C19H26N5O15P3. The number of carboxylic acid groups (broad SMARTS) is 1. The maximum atomic E-state index is 12.0. The molecule has 1 aliphatic rings. The largest absolute Gasteiger partial charge is 0.490 e. The molecule has 3 rings (SSSR count). The summed E-state index contributed by atoms with van der Waals surface area (Å²) < 4.78 is 53.2. The van der Waals surface area contributed by atoms with Crippen molar-refractivity contribution in [1.29, 1.82) is 0 Å². The number of phosphoric ester groups is 1. The van der Waals surface area contributed by atoms with E-state index in [9.17, 15) is 38.2 Å². The number of carbonyl (C=O) groups is 2. The van der Waals surface area contributed by atoms with Crippen molar-refractivity contribution in [3.63, 3.8) is 0 Å². The van der Waals surface area contributed by atoms with E-state index >= 15 is 0 Å². The Bertz CT molecular complexity index is 1550. The second-order valence-electron chi connectivity index (χ2n) is 8.66. The molecule has 0 spiro atoms. The Morgan fingerprint density at radius 2 is 1.90 bits per heavy atom. The molecule has 2 aromatic rings. The highest BCUT2D eigenvalue weighted by molar-refractivity contribution is 7.66. The van der Waals surface area contributed by atoms with Gasteiger partial charge < -0.3 is 50.1 Å². The number of nitrogens with two attached hydrogens (primary N) is 1. The summed E-state index contributed by atoms with van der Waals surface area (Å²) in [6.07, 6.45) is -1.02. The molecule has 6 atom stereocenters. The summed E-state index contributed by atoms with van der Waals surface area (Å²) in [6.45, 7) is 0.448. The van der Waals surface area contributed by atoms with Crippen molar-refractivity contribution >= 4 is 52.2 Å². The molecule has 0 aromatic carbocycles. The third kappa shape index (κ3) is 9.38. The van der Waals surface area contributed by atoms with Crippen molar-refractivity contribution in [2.24, 2.45) is 0 Å². The number of hydrogen-bond donors (Lipinski definition) is 8. The molecule has 1 amide bonds. The summed E-state index contributed by atoms with van der Waals surface area (Å²) in [5, 5.41) is 21.9. The molecule has 1 aliphatic heterocycles. The highest BCUT2D eigenvalue weighted by Gasteiger charge is 2.43. The predicted molar refractivity (Wildman–Crippen MR) is 138 cm³/mol. The average Bonchev–Trinajstić information content (AvgIpc) is 3.39. The number of aliphatic carboxylic acids is 1. The van der Waals surface area contributed by atoms with Crippen LogP contribution in [0.15, 0.2) is 12.5 Å². The number of hydrogen-bond acceptors (Lipinski definition) is 13. The van der Waals surface area contributed by atoms with Gasteiger partial charge in [0.05, 0.1) is 23.7 Å². The molecule has 23 heteroatoms. The third-order valence-corrected chi connectivity index (χ3v) is 9.22. The van der Waals surface area contributed by atoms with Crippen LogP contribution in [-0.2, 0) is 41.2 Å². The lowest BCUT2D eigenvalue weighted by Gasteiger charge is -2.19. The second-order valence-corrected chi connectivity index (χ2v) is 13.1. The van der Waals surface area contributed by atoms with E-state index in [-0.39, 0.29) is 30.7 Å². The van der Waals surface area contributed by atoms with Gasteiger partial charge in [0.1, 0.15) is 36.2 Å². The van der Waals surface area contributed by atoms with Gasteiger partial charge in [0.15, 0.2) is 0 Å². The van der Waals surface area contributed by atoms with Crippen molar-refractivity contribution < 1.29 is 71.0 Å². The van der Waals surface area contributed by atoms with Crippen LogP contribution in [0.5, 0.6) is 0 Å². The molecule has 42 heavy (non-hydrogen) atoms. The number of anilines is 1. The van der Waals surface area contributed by atoms with Crippen molar-refractivity contribution in [3.8, 4) is 11.8 Å². The van der Waals surface area contributed by atoms with Gasteiger partial charge in [-0.05, 0) is 6.92 Å². The third-order valence-electron chi connectivity index (χ3n) is 5.42. The molecule has 0 saturated carbocycles. The Labute approximate surface area is 236 Å². The van der Waals surface area contributed by atoms with Gasteiger partial charge in [-0.3, -0.25) is 14.1 Å². The average molecular weight is 657 g/mol. The number of phosphoric acid groups is 3. The van der Waals surface area contributed by atoms with Crippen LogP contribution in [0.3, 0.4) is 0 Å². The van der Waals surface area contributed by atoms with Gasteiger partial charge in [-0.1, -0.05) is 11.8 Å². The number of fused-ring (bicyclic) bond motifs is 1. The summed E-state index contributed by atoms with van der Waals surface area (Å²) in [5.74, 6) is 3.97. The van der Waals surface area contributed by atoms with Crippen LogP contribution < -0.4 is 11.1 Å². The molecule has 0 bridgehead atoms. The fourth-order valence-electron chi connectivity index (χ4n) is 3.64. The summed E-state index contributed by atoms with van der Waals surface area (Å²) >= 11 is 0. The monoisotopic (exact) mass is 657 g/mol. The van der Waals surface area contributed by atoms with Gasteiger partial charge in [-0.15, -0.1) is 0 Å². The summed E-state index contributed by atoms with van der Waals surface area (Å²) in [7, 11) is -16.7. The van der Waals surface area contributed by atoms with Crippen molar-refractivity contribution in [2.75, 3.05) is 12.3 Å². The first-order valence-electron chi connectivity index (χ1n) is 11.6. The minimum absolute atomic E-state index is 0.0545. The van der Waals surface area contributed by atoms with Crippen molar-refractivity contribution in [3.05, 3.63) is 18.1 Å². The fraction of sp³-hybridized carbons (Fsp3) is 0.474. The van der Waals surface area contributed by atoms with Crippen molar-refractivity contribution in [1.82, 2.24) is 19.9 Å². The molecular weight excluding hydrogens is 631 g/mol. The molecule has 2 aromatic heterocycles. The first-order chi connectivity index (χ1) is 19.4. The standard InChI is InChI=1S/C19H26N5O15P3/c1-10(19(27)28)23-14(26)5-3-2-4-11-7-24(18-16(11)17(20)21-9-22-18)15-6-12(25)13(37-15)8-36-41(32,33)39-42(34,35)38-40(29,30)31/h7,9-10,12-13,15,25H,3,5-6,8H2,1H3,(H,23,26)(H,27,28)(H,32,33)(H,34,35)(H2,20,21,22)(H2,29,30,31)/t10-,12-,13+,15+/m0/s1. The van der Waals surface area contributed by atoms with Crippen LogP contribution in [0.2, 0.25) is 0 Å². The Hall–Kier alpha value is -2.75. The van der Waals surface area contributed by atoms with Crippen LogP contribution in [0.1, 0.15) is 38.0 Å². The van der Waals surface area contributed by atoms with E-state index in [0.29, 0.717) is 10.9 Å². The Balaban J connectivity index is 1.71. The van der Waals surface area contributed by atoms with Gasteiger partial charge in [0, 0.05) is 25.5 Å². The Kier molecular flexibility index (Phi) is 10.7. The van der Waals surface area contributed by atoms with E-state index in [0.717, 1.165) is 6.33 Å². The molecule has 232 valence electrons. The van der Waals surface area contributed by atoms with E-state index in [4.69, 9.17) is 25.4 Å². The number of nitrogen functional groups attached to an aromatic ring is 1. The van der Waals surface area contributed by atoms with E-state index in [2.05, 4.69) is 40.3 Å². The normalized spacial score (nSPS) is 22.5. The molecule has 0 aliphatic carbocycles. The van der Waals surface area contributed by atoms with E-state index in [1.54, 1.807) is 0 Å². The molecule has 9 N–H and O–H groups in total. The zero-order valence-electron chi connectivity index (χ0n) is 21.4. The summed E-state index contributed by atoms with van der Waals surface area (Å²) in [4.78, 5) is 66.9. The number of aliphatic hydroxyl groups is 1. The lowest BCUT2D eigenvalue weighted by Crippen LogP contribution is -2.38. The number of aromatic nitrogens is 3. The maximum absolute atomic E-state index is 12.0. The zero-order valence-corrected chi connectivity index (χ0v) is 24.1. The van der Waals surface area contributed by atoms with Crippen LogP contribution in [0.25, 0.3) is 11.0 Å². The topological polar surface area (TPSA) is 312 Å². The number of aliphatic hydroxyl groups excluding tert-OH is 1. The quantitative estimate of drug-likeness (QED) is 0.107. The minimum Gasteiger partial charge on any atom is -0.480 e. The molecule has 1 saturated heterocycles. The predicted octanol–water partition coefficient (Wildman–Crippen LogP) is -0.274. The van der Waals surface area contributed by atoms with Gasteiger partial charge in [0.25, 0.3) is 0 Å². The van der Waals surface area contributed by atoms with Crippen LogP contribution in [0, 0.1) is 11.8 Å². The lowest BCUT2D eigenvalue weighted by molar-refractivity contribution is -0.141. The van der Waals surface area contributed by atoms with E-state index in [1.807, 2.05) is 0 Å². The molecule has 2 unspecified atom stereocenters. The number of nitrogens with zero attached hydrogens (tertiary/aromatic N) is 3. The summed E-state index contributed by atoms with van der Waals surface area (Å²) in [6, 6.07) is -1.06. The SMILES string of the molecule is C[C@H](NC(=O)CCC#Cc1cn([C@H]2C[C@H](O)[C@@H](COP(=O)(O)OP(=O)(O)OP(=O)(O)O)O2)c2ncnc(N)c12)C(=O)O. The highest BCUT2D eigenvalue weighted by Crippen LogP contribution is 2.66. The Morgan fingerprint density at radius 1 is 1.21 bits per heavy atom. The maximum Gasteiger partial charge on any atom is 0.490 e. The molecule has 20 nitrogen and oxygen atoms in total. The number of carboxylic acids is 1. The number of carbonyl (C=O) groups excluding carboxylic acids is 1.